The van der Waals surface area contributed by atoms with Gasteiger partial charge in [-0.25, -0.2) is 0 Å². The number of carbonyl (C=O) groups is 1. The fourth-order valence-corrected chi connectivity index (χ4v) is 1.96. The maximum absolute atomic E-state index is 11.6. The highest BCUT2D eigenvalue weighted by molar-refractivity contribution is 7.39. The molecule has 0 aromatic rings. The number of unbranched alkanes of at least 4 members (excludes halogenated alkanes) is 1. The van der Waals surface area contributed by atoms with Gasteiger partial charge in [0.15, 0.2) is 5.78 Å². The van der Waals surface area contributed by atoms with E-state index in [2.05, 4.69) is 0 Å². The van der Waals surface area contributed by atoms with Crippen LogP contribution in [0, 0.1) is 5.41 Å². The van der Waals surface area contributed by atoms with Crippen LogP contribution in [0.25, 0.3) is 0 Å². The maximum Gasteiger partial charge on any atom is 0.513 e. The number of methoxy groups -OCH3 is 1. The van der Waals surface area contributed by atoms with Crippen LogP contribution >= 0.6 is 8.03 Å². The minimum atomic E-state index is -2.35. The molecule has 0 aromatic carbocycles. The summed E-state index contributed by atoms with van der Waals surface area (Å²) in [4.78, 5) is 20.2. The Balaban J connectivity index is 3.94. The van der Waals surface area contributed by atoms with Crippen molar-refractivity contribution in [3.8, 4) is 0 Å². The second-order valence-corrected chi connectivity index (χ2v) is 5.29. The summed E-state index contributed by atoms with van der Waals surface area (Å²) in [5.41, 5.74) is -0.499. The molecule has 15 heavy (non-hydrogen) atoms. The number of ketones is 1. The quantitative estimate of drug-likeness (QED) is 0.517. The average Bonchev–Trinajstić information content (AvgIpc) is 2.11. The van der Waals surface area contributed by atoms with Crippen molar-refractivity contribution in [2.24, 2.45) is 5.41 Å². The summed E-state index contributed by atoms with van der Waals surface area (Å²) >= 11 is 0. The lowest BCUT2D eigenvalue weighted by molar-refractivity contribution is -0.124. The van der Waals surface area contributed by atoms with E-state index < -0.39 is 13.4 Å². The fraction of sp³-hybridized carbons (Fsp3) is 0.900. The normalized spacial score (nSPS) is 12.7. The summed E-state index contributed by atoms with van der Waals surface area (Å²) in [6.07, 6.45) is 2.32. The van der Waals surface area contributed by atoms with Gasteiger partial charge in [-0.2, -0.15) is 4.89 Å². The first-order valence-electron chi connectivity index (χ1n) is 5.06. The number of hydrogen-bond donors (Lipinski definition) is 1. The van der Waals surface area contributed by atoms with Gasteiger partial charge in [0.2, 0.25) is 6.16 Å². The van der Waals surface area contributed by atoms with E-state index in [1.165, 1.54) is 0 Å². The topological polar surface area (TPSA) is 63.6 Å². The lowest BCUT2D eigenvalue weighted by Gasteiger charge is -2.20. The molecule has 1 atom stereocenters. The predicted octanol–water partition coefficient (Wildman–Crippen LogP) is 2.13. The first kappa shape index (κ1) is 14.7. The largest absolute Gasteiger partial charge is 0.513 e. The van der Waals surface area contributed by atoms with Gasteiger partial charge < -0.3 is 4.74 Å². The number of carbonyl (C=O) groups excluding carboxylic acids is 1. The van der Waals surface area contributed by atoms with Gasteiger partial charge in [-0.15, -0.1) is 0 Å². The summed E-state index contributed by atoms with van der Waals surface area (Å²) in [6.45, 7) is 4.33. The molecule has 4 nitrogen and oxygen atoms in total. The van der Waals surface area contributed by atoms with Crippen molar-refractivity contribution >= 4 is 13.8 Å². The number of ether oxygens (including phenoxy) is 1. The molecule has 0 aliphatic heterocycles. The Kier molecular flexibility index (Phi) is 6.90. The summed E-state index contributed by atoms with van der Waals surface area (Å²) < 4.78 is 15.4. The second kappa shape index (κ2) is 7.04. The van der Waals surface area contributed by atoms with E-state index in [9.17, 15) is 9.36 Å². The van der Waals surface area contributed by atoms with Gasteiger partial charge in [-0.1, -0.05) is 20.3 Å². The highest BCUT2D eigenvalue weighted by atomic mass is 31.1. The minimum absolute atomic E-state index is 0.136. The third-order valence-corrected chi connectivity index (χ3v) is 2.99. The first-order valence-corrected chi connectivity index (χ1v) is 6.45. The van der Waals surface area contributed by atoms with E-state index in [1.54, 1.807) is 7.11 Å². The van der Waals surface area contributed by atoms with E-state index in [1.807, 2.05) is 13.8 Å². The smallest absolute Gasteiger partial charge is 0.385 e. The number of rotatable bonds is 8. The van der Waals surface area contributed by atoms with Crippen LogP contribution in [0.1, 0.15) is 33.1 Å². The van der Waals surface area contributed by atoms with E-state index >= 15 is 0 Å². The van der Waals surface area contributed by atoms with Crippen LogP contribution in [0.3, 0.4) is 0 Å². The molecule has 1 unspecified atom stereocenters. The van der Waals surface area contributed by atoms with E-state index in [4.69, 9.17) is 9.63 Å². The van der Waals surface area contributed by atoms with Crippen molar-refractivity contribution in [3.05, 3.63) is 0 Å². The third kappa shape index (κ3) is 6.72. The molecular formula is C10H20O4P+. The maximum atomic E-state index is 11.6. The van der Waals surface area contributed by atoms with Gasteiger partial charge in [0.25, 0.3) is 0 Å². The number of hydrogen-bond acceptors (Lipinski definition) is 3. The van der Waals surface area contributed by atoms with Crippen LogP contribution in [0.2, 0.25) is 0 Å². The predicted molar refractivity (Wildman–Crippen MR) is 59.2 cm³/mol. The van der Waals surface area contributed by atoms with Crippen LogP contribution in [-0.2, 0) is 14.1 Å². The van der Waals surface area contributed by atoms with Crippen molar-refractivity contribution < 1.29 is 19.0 Å². The standard InChI is InChI=1S/C10H19O4P/c1-10(2,6-4-5-7-14-3)9(11)8-15(12)13/h4-8H2,1-3H3/p+1. The van der Waals surface area contributed by atoms with Gasteiger partial charge in [0, 0.05) is 19.1 Å². The van der Waals surface area contributed by atoms with Crippen molar-refractivity contribution in [3.63, 3.8) is 0 Å². The molecular weight excluding hydrogens is 215 g/mol. The van der Waals surface area contributed by atoms with Crippen molar-refractivity contribution in [2.45, 2.75) is 33.1 Å². The van der Waals surface area contributed by atoms with Crippen molar-refractivity contribution in [2.75, 3.05) is 19.9 Å². The second-order valence-electron chi connectivity index (χ2n) is 4.27. The minimum Gasteiger partial charge on any atom is -0.385 e. The van der Waals surface area contributed by atoms with Gasteiger partial charge >= 0.3 is 8.03 Å². The summed E-state index contributed by atoms with van der Waals surface area (Å²) in [5.74, 6) is -0.136. The fourth-order valence-electron chi connectivity index (χ4n) is 1.29. The molecule has 88 valence electrons. The lowest BCUT2D eigenvalue weighted by atomic mass is 9.83. The summed E-state index contributed by atoms with van der Waals surface area (Å²) in [6, 6.07) is 0. The lowest BCUT2D eigenvalue weighted by Crippen LogP contribution is -2.26. The molecule has 0 saturated carbocycles. The molecule has 0 aliphatic rings. The zero-order valence-electron chi connectivity index (χ0n) is 9.65. The molecule has 1 N–H and O–H groups in total. The van der Waals surface area contributed by atoms with Crippen molar-refractivity contribution in [1.29, 1.82) is 0 Å². The Hall–Kier alpha value is -0.310. The molecule has 0 radical (unpaired) electrons. The Bertz CT molecular complexity index is 225. The monoisotopic (exact) mass is 235 g/mol. The highest BCUT2D eigenvalue weighted by Crippen LogP contribution is 2.28. The van der Waals surface area contributed by atoms with E-state index in [-0.39, 0.29) is 11.9 Å². The molecule has 0 fully saturated rings. The van der Waals surface area contributed by atoms with Crippen molar-refractivity contribution in [1.82, 2.24) is 0 Å². The SMILES string of the molecule is COCCCCC(C)(C)C(=O)C[P+](=O)O. The molecule has 0 bridgehead atoms. The number of Topliss-reactive ketones (excluding diaryl/α,β-unsaturated/α-hetero) is 1. The molecule has 0 rings (SSSR count). The zero-order chi connectivity index (χ0) is 11.9. The van der Waals surface area contributed by atoms with Gasteiger partial charge in [0.05, 0.1) is 0 Å². The Morgan fingerprint density at radius 2 is 2.00 bits per heavy atom. The molecule has 0 aromatic heterocycles. The Morgan fingerprint density at radius 1 is 1.40 bits per heavy atom. The molecule has 5 heteroatoms. The van der Waals surface area contributed by atoms with Crippen LogP contribution in [0.15, 0.2) is 0 Å². The molecule has 0 amide bonds. The third-order valence-electron chi connectivity index (χ3n) is 2.43. The Labute approximate surface area is 91.9 Å². The summed E-state index contributed by atoms with van der Waals surface area (Å²) in [7, 11) is -0.705. The summed E-state index contributed by atoms with van der Waals surface area (Å²) in [5, 5.41) is 0. The molecule has 0 saturated heterocycles. The first-order chi connectivity index (χ1) is 6.90. The van der Waals surface area contributed by atoms with Crippen LogP contribution in [-0.4, -0.2) is 30.6 Å². The molecule has 0 spiro atoms. The van der Waals surface area contributed by atoms with Gasteiger partial charge in [-0.05, 0) is 17.4 Å². The van der Waals surface area contributed by atoms with Crippen LogP contribution in [0.4, 0.5) is 0 Å². The van der Waals surface area contributed by atoms with Crippen LogP contribution in [0.5, 0.6) is 0 Å². The van der Waals surface area contributed by atoms with E-state index in [0.717, 1.165) is 19.3 Å². The molecule has 0 aliphatic carbocycles. The Morgan fingerprint density at radius 3 is 2.47 bits per heavy atom. The van der Waals surface area contributed by atoms with Crippen LogP contribution < -0.4 is 0 Å². The molecule has 0 heterocycles. The highest BCUT2D eigenvalue weighted by Gasteiger charge is 2.32. The average molecular weight is 235 g/mol. The zero-order valence-corrected chi connectivity index (χ0v) is 10.5. The van der Waals surface area contributed by atoms with Gasteiger partial charge in [-0.3, -0.25) is 4.79 Å². The van der Waals surface area contributed by atoms with Gasteiger partial charge in [0.1, 0.15) is 0 Å². The van der Waals surface area contributed by atoms with E-state index in [0.29, 0.717) is 6.61 Å².